The average Bonchev–Trinajstić information content (AvgIpc) is 2.98. The predicted molar refractivity (Wildman–Crippen MR) is 81.8 cm³/mol. The van der Waals surface area contributed by atoms with Crippen LogP contribution in [0.1, 0.15) is 46.6 Å². The minimum absolute atomic E-state index is 0.0899. The number of nitrogens with one attached hydrogen (secondary N) is 1. The van der Waals surface area contributed by atoms with Crippen LogP contribution in [0.25, 0.3) is 0 Å². The molecule has 1 N–H and O–H groups in total. The van der Waals surface area contributed by atoms with Gasteiger partial charge >= 0.3 is 0 Å². The van der Waals surface area contributed by atoms with Crippen LogP contribution in [0.3, 0.4) is 0 Å². The topological polar surface area (TPSA) is 63.1 Å². The van der Waals surface area contributed by atoms with E-state index in [-0.39, 0.29) is 11.9 Å². The molecular weight excluding hydrogens is 266 g/mol. The van der Waals surface area contributed by atoms with Crippen molar-refractivity contribution >= 4 is 5.91 Å². The van der Waals surface area contributed by atoms with Crippen LogP contribution in [0.15, 0.2) is 12.7 Å². The molecule has 0 aliphatic carbocycles. The van der Waals surface area contributed by atoms with E-state index in [0.29, 0.717) is 18.0 Å². The maximum absolute atomic E-state index is 12.7. The molecule has 1 amide bonds. The average molecular weight is 293 g/mol. The first kappa shape index (κ1) is 15.9. The van der Waals surface area contributed by atoms with Crippen molar-refractivity contribution in [3.63, 3.8) is 0 Å². The van der Waals surface area contributed by atoms with E-state index in [1.807, 2.05) is 9.58 Å². The number of carbonyl (C=O) groups is 1. The number of hydrogen-bond acceptors (Lipinski definition) is 4. The summed E-state index contributed by atoms with van der Waals surface area (Å²) in [6.45, 7) is 9.96. The molecule has 1 aromatic rings. The van der Waals surface area contributed by atoms with E-state index < -0.39 is 0 Å². The third kappa shape index (κ3) is 4.03. The lowest BCUT2D eigenvalue weighted by Gasteiger charge is -2.36. The Kier molecular flexibility index (Phi) is 5.33. The Labute approximate surface area is 126 Å². The molecule has 118 valence electrons. The van der Waals surface area contributed by atoms with Crippen molar-refractivity contribution in [1.29, 1.82) is 0 Å². The van der Waals surface area contributed by atoms with Gasteiger partial charge in [-0.2, -0.15) is 5.10 Å². The van der Waals surface area contributed by atoms with Gasteiger partial charge in [0, 0.05) is 19.1 Å². The molecule has 1 aliphatic heterocycles. The first-order valence-electron chi connectivity index (χ1n) is 7.88. The summed E-state index contributed by atoms with van der Waals surface area (Å²) in [6.07, 6.45) is 5.22. The number of hydrogen-bond donors (Lipinski definition) is 1. The smallest absolute Gasteiger partial charge is 0.239 e. The standard InChI is InChI=1S/C15H27N5O/c1-11(2)14(18-12(3)4)15(21)19-7-5-13(6-8-19)20-10-16-9-17-20/h9-14,18H,5-8H2,1-4H3/t14-/m1/s1. The minimum atomic E-state index is -0.0899. The van der Waals surface area contributed by atoms with Crippen molar-refractivity contribution in [2.75, 3.05) is 13.1 Å². The highest BCUT2D eigenvalue weighted by Gasteiger charge is 2.30. The molecule has 6 heteroatoms. The van der Waals surface area contributed by atoms with Gasteiger partial charge in [-0.1, -0.05) is 27.7 Å². The Morgan fingerprint density at radius 2 is 1.90 bits per heavy atom. The van der Waals surface area contributed by atoms with Crippen LogP contribution in [0, 0.1) is 5.92 Å². The molecule has 1 atom stereocenters. The Hall–Kier alpha value is -1.43. The number of likely N-dealkylation sites (tertiary alicyclic amines) is 1. The van der Waals surface area contributed by atoms with Gasteiger partial charge < -0.3 is 10.2 Å². The molecular formula is C15H27N5O. The first-order chi connectivity index (χ1) is 9.99. The molecule has 0 bridgehead atoms. The van der Waals surface area contributed by atoms with E-state index >= 15 is 0 Å². The number of aromatic nitrogens is 3. The van der Waals surface area contributed by atoms with Gasteiger partial charge in [-0.25, -0.2) is 9.67 Å². The second-order valence-electron chi connectivity index (χ2n) is 6.48. The Balaban J connectivity index is 1.92. The molecule has 0 spiro atoms. The Morgan fingerprint density at radius 1 is 1.24 bits per heavy atom. The zero-order valence-electron chi connectivity index (χ0n) is 13.5. The fraction of sp³-hybridized carbons (Fsp3) is 0.800. The SMILES string of the molecule is CC(C)N[C@@H](C(=O)N1CCC(n2cncn2)CC1)C(C)C. The fourth-order valence-electron chi connectivity index (χ4n) is 2.86. The molecule has 2 rings (SSSR count). The maximum Gasteiger partial charge on any atom is 0.239 e. The Morgan fingerprint density at radius 3 is 2.38 bits per heavy atom. The number of amides is 1. The van der Waals surface area contributed by atoms with Crippen LogP contribution >= 0.6 is 0 Å². The van der Waals surface area contributed by atoms with E-state index in [4.69, 9.17) is 0 Å². The van der Waals surface area contributed by atoms with Gasteiger partial charge in [0.15, 0.2) is 0 Å². The second kappa shape index (κ2) is 7.02. The van der Waals surface area contributed by atoms with Crippen LogP contribution in [0.5, 0.6) is 0 Å². The van der Waals surface area contributed by atoms with E-state index in [0.717, 1.165) is 25.9 Å². The summed E-state index contributed by atoms with van der Waals surface area (Å²) in [5.74, 6) is 0.531. The number of piperidine rings is 1. The summed E-state index contributed by atoms with van der Waals surface area (Å²) in [4.78, 5) is 18.7. The molecule has 1 aliphatic rings. The molecule has 0 unspecified atom stereocenters. The lowest BCUT2D eigenvalue weighted by molar-refractivity contribution is -0.136. The summed E-state index contributed by atoms with van der Waals surface area (Å²) in [5.41, 5.74) is 0. The maximum atomic E-state index is 12.7. The number of carbonyl (C=O) groups excluding carboxylic acids is 1. The van der Waals surface area contributed by atoms with Crippen LogP contribution < -0.4 is 5.32 Å². The monoisotopic (exact) mass is 293 g/mol. The molecule has 1 aromatic heterocycles. The summed E-state index contributed by atoms with van der Waals surface area (Å²) in [7, 11) is 0. The van der Waals surface area contributed by atoms with Crippen molar-refractivity contribution in [2.45, 2.75) is 58.7 Å². The Bertz CT molecular complexity index is 435. The van der Waals surface area contributed by atoms with E-state index in [2.05, 4.69) is 43.1 Å². The molecule has 1 saturated heterocycles. The van der Waals surface area contributed by atoms with Gasteiger partial charge in [0.1, 0.15) is 12.7 Å². The van der Waals surface area contributed by atoms with E-state index in [1.165, 1.54) is 0 Å². The fourth-order valence-corrected chi connectivity index (χ4v) is 2.86. The van der Waals surface area contributed by atoms with Gasteiger partial charge in [0.05, 0.1) is 12.1 Å². The normalized spacial score (nSPS) is 18.5. The molecule has 21 heavy (non-hydrogen) atoms. The van der Waals surface area contributed by atoms with Crippen molar-refractivity contribution in [2.24, 2.45) is 5.92 Å². The van der Waals surface area contributed by atoms with E-state index in [9.17, 15) is 4.79 Å². The summed E-state index contributed by atoms with van der Waals surface area (Å²) < 4.78 is 1.91. The molecule has 0 saturated carbocycles. The molecule has 6 nitrogen and oxygen atoms in total. The highest BCUT2D eigenvalue weighted by molar-refractivity contribution is 5.82. The summed E-state index contributed by atoms with van der Waals surface area (Å²) in [5, 5.41) is 7.60. The zero-order chi connectivity index (χ0) is 15.4. The second-order valence-corrected chi connectivity index (χ2v) is 6.48. The number of nitrogens with zero attached hydrogens (tertiary/aromatic N) is 4. The van der Waals surface area contributed by atoms with Crippen molar-refractivity contribution in [3.05, 3.63) is 12.7 Å². The highest BCUT2D eigenvalue weighted by atomic mass is 16.2. The summed E-state index contributed by atoms with van der Waals surface area (Å²) in [6, 6.07) is 0.592. The quantitative estimate of drug-likeness (QED) is 0.893. The largest absolute Gasteiger partial charge is 0.341 e. The van der Waals surface area contributed by atoms with Crippen LogP contribution in [0.2, 0.25) is 0 Å². The van der Waals surface area contributed by atoms with Crippen molar-refractivity contribution < 1.29 is 4.79 Å². The van der Waals surface area contributed by atoms with Gasteiger partial charge in [-0.05, 0) is 18.8 Å². The lowest BCUT2D eigenvalue weighted by Crippen LogP contribution is -2.53. The molecule has 1 fully saturated rings. The minimum Gasteiger partial charge on any atom is -0.341 e. The highest BCUT2D eigenvalue weighted by Crippen LogP contribution is 2.22. The zero-order valence-corrected chi connectivity index (χ0v) is 13.5. The van der Waals surface area contributed by atoms with Gasteiger partial charge in [-0.15, -0.1) is 0 Å². The van der Waals surface area contributed by atoms with Gasteiger partial charge in [-0.3, -0.25) is 4.79 Å². The lowest BCUT2D eigenvalue weighted by atomic mass is 9.99. The van der Waals surface area contributed by atoms with E-state index in [1.54, 1.807) is 12.7 Å². The summed E-state index contributed by atoms with van der Waals surface area (Å²) >= 11 is 0. The van der Waals surface area contributed by atoms with Crippen LogP contribution in [0.4, 0.5) is 0 Å². The van der Waals surface area contributed by atoms with Crippen LogP contribution in [-0.2, 0) is 4.79 Å². The molecule has 0 aromatic carbocycles. The van der Waals surface area contributed by atoms with Crippen molar-refractivity contribution in [3.8, 4) is 0 Å². The van der Waals surface area contributed by atoms with Gasteiger partial charge in [0.2, 0.25) is 5.91 Å². The number of rotatable bonds is 5. The van der Waals surface area contributed by atoms with Crippen LogP contribution in [-0.4, -0.2) is 50.7 Å². The van der Waals surface area contributed by atoms with Gasteiger partial charge in [0.25, 0.3) is 0 Å². The third-order valence-electron chi connectivity index (χ3n) is 4.03. The van der Waals surface area contributed by atoms with Crippen molar-refractivity contribution in [1.82, 2.24) is 25.0 Å². The predicted octanol–water partition coefficient (Wildman–Crippen LogP) is 1.46. The third-order valence-corrected chi connectivity index (χ3v) is 4.03. The first-order valence-corrected chi connectivity index (χ1v) is 7.88. The molecule has 2 heterocycles. The molecule has 0 radical (unpaired) electrons.